The number of thioether (sulfide) groups is 1. The highest BCUT2D eigenvalue weighted by Gasteiger charge is 2.38. The monoisotopic (exact) mass is 373 g/mol. The van der Waals surface area contributed by atoms with Crippen molar-refractivity contribution < 1.29 is 19.8 Å². The number of rotatable bonds is 4. The summed E-state index contributed by atoms with van der Waals surface area (Å²) in [5.74, 6) is -1.16. The lowest BCUT2D eigenvalue weighted by molar-refractivity contribution is -0.147. The van der Waals surface area contributed by atoms with Crippen LogP contribution in [0.5, 0.6) is 0 Å². The number of hydrogen-bond acceptors (Lipinski definition) is 4. The maximum atomic E-state index is 12.2. The molecule has 1 aliphatic heterocycles. The van der Waals surface area contributed by atoms with Gasteiger partial charge in [0.15, 0.2) is 0 Å². The van der Waals surface area contributed by atoms with Gasteiger partial charge in [-0.3, -0.25) is 4.79 Å². The number of aliphatic hydroxyl groups excluding tert-OH is 1. The number of β-amino-alcohol motifs (C(OH)–C–C–N with tert-alkyl or cyclic N) is 1. The van der Waals surface area contributed by atoms with E-state index in [1.54, 1.807) is 0 Å². The first kappa shape index (κ1) is 16.3. The number of carbonyl (C=O) groups excluding carboxylic acids is 1. The number of carboxylic acid groups (broad SMARTS) is 1. The van der Waals surface area contributed by atoms with Crippen LogP contribution < -0.4 is 0 Å². The zero-order valence-electron chi connectivity index (χ0n) is 11.5. The number of carbonyl (C=O) groups is 2. The summed E-state index contributed by atoms with van der Waals surface area (Å²) >= 11 is 4.76. The Hall–Kier alpha value is -1.05. The molecule has 1 aliphatic rings. The molecule has 1 aromatic rings. The Balaban J connectivity index is 1.99. The van der Waals surface area contributed by atoms with Crippen molar-refractivity contribution in [2.24, 2.45) is 0 Å². The molecule has 0 saturated carbocycles. The van der Waals surface area contributed by atoms with E-state index in [9.17, 15) is 14.7 Å². The molecule has 2 rings (SSSR count). The summed E-state index contributed by atoms with van der Waals surface area (Å²) in [6.45, 7) is 2.05. The van der Waals surface area contributed by atoms with Gasteiger partial charge in [-0.1, -0.05) is 15.9 Å². The third-order valence-corrected chi connectivity index (χ3v) is 5.03. The molecule has 0 aromatic heterocycles. The predicted molar refractivity (Wildman–Crippen MR) is 83.4 cm³/mol. The smallest absolute Gasteiger partial charge is 0.326 e. The van der Waals surface area contributed by atoms with Crippen LogP contribution in [0.25, 0.3) is 0 Å². The molecule has 2 atom stereocenters. The number of carboxylic acids is 1. The second-order valence-electron chi connectivity index (χ2n) is 4.99. The Labute approximate surface area is 135 Å². The standard InChI is InChI=1S/C14H16BrNO4S/c1-8-4-9(15)2-3-12(8)21-7-13(18)16-6-10(17)5-11(16)14(19)20/h2-4,10-11,17H,5-7H2,1H3,(H,19,20)/t10-,11-/m1/s1. The Kier molecular flexibility index (Phi) is 5.29. The normalized spacial score (nSPS) is 21.6. The molecule has 7 heteroatoms. The van der Waals surface area contributed by atoms with Crippen LogP contribution in [0, 0.1) is 6.92 Å². The number of aryl methyl sites for hydroxylation is 1. The van der Waals surface area contributed by atoms with Gasteiger partial charge in [-0.15, -0.1) is 11.8 Å². The second kappa shape index (κ2) is 6.81. The van der Waals surface area contributed by atoms with Gasteiger partial charge < -0.3 is 15.1 Å². The second-order valence-corrected chi connectivity index (χ2v) is 6.92. The molecule has 5 nitrogen and oxygen atoms in total. The molecule has 0 unspecified atom stereocenters. The SMILES string of the molecule is Cc1cc(Br)ccc1SCC(=O)N1C[C@H](O)C[C@@H]1C(=O)O. The molecule has 1 aromatic carbocycles. The lowest BCUT2D eigenvalue weighted by Gasteiger charge is -2.21. The van der Waals surface area contributed by atoms with Gasteiger partial charge in [0.2, 0.25) is 5.91 Å². The van der Waals surface area contributed by atoms with Crippen molar-refractivity contribution in [3.63, 3.8) is 0 Å². The third-order valence-electron chi connectivity index (χ3n) is 3.37. The van der Waals surface area contributed by atoms with E-state index in [1.165, 1.54) is 16.7 Å². The van der Waals surface area contributed by atoms with E-state index >= 15 is 0 Å². The van der Waals surface area contributed by atoms with Crippen molar-refractivity contribution in [2.75, 3.05) is 12.3 Å². The van der Waals surface area contributed by atoms with E-state index < -0.39 is 18.1 Å². The van der Waals surface area contributed by atoms with Crippen LogP contribution in [0.4, 0.5) is 0 Å². The Bertz CT molecular complexity index is 566. The lowest BCUT2D eigenvalue weighted by Crippen LogP contribution is -2.41. The van der Waals surface area contributed by atoms with Crippen LogP contribution in [0.2, 0.25) is 0 Å². The summed E-state index contributed by atoms with van der Waals surface area (Å²) < 4.78 is 0.976. The van der Waals surface area contributed by atoms with E-state index in [4.69, 9.17) is 5.11 Å². The molecule has 0 spiro atoms. The summed E-state index contributed by atoms with van der Waals surface area (Å²) in [5, 5.41) is 18.7. The van der Waals surface area contributed by atoms with Crippen LogP contribution in [-0.4, -0.2) is 51.4 Å². The van der Waals surface area contributed by atoms with Crippen LogP contribution in [0.1, 0.15) is 12.0 Å². The fraction of sp³-hybridized carbons (Fsp3) is 0.429. The molecular weight excluding hydrogens is 358 g/mol. The van der Waals surface area contributed by atoms with Crippen LogP contribution >= 0.6 is 27.7 Å². The maximum Gasteiger partial charge on any atom is 0.326 e. The lowest BCUT2D eigenvalue weighted by atomic mass is 10.2. The Morgan fingerprint density at radius 1 is 1.48 bits per heavy atom. The Morgan fingerprint density at radius 3 is 2.81 bits per heavy atom. The highest BCUT2D eigenvalue weighted by atomic mass is 79.9. The highest BCUT2D eigenvalue weighted by molar-refractivity contribution is 9.10. The van der Waals surface area contributed by atoms with Crippen molar-refractivity contribution in [1.29, 1.82) is 0 Å². The molecular formula is C14H16BrNO4S. The molecule has 1 fully saturated rings. The molecule has 2 N–H and O–H groups in total. The highest BCUT2D eigenvalue weighted by Crippen LogP contribution is 2.27. The average Bonchev–Trinajstić information content (AvgIpc) is 2.80. The number of amides is 1. The van der Waals surface area contributed by atoms with Gasteiger partial charge in [-0.05, 0) is 30.7 Å². The number of hydrogen-bond donors (Lipinski definition) is 2. The van der Waals surface area contributed by atoms with Crippen LogP contribution in [0.3, 0.4) is 0 Å². The number of halogens is 1. The van der Waals surface area contributed by atoms with E-state index in [2.05, 4.69) is 15.9 Å². The van der Waals surface area contributed by atoms with E-state index in [0.717, 1.165) is 14.9 Å². The van der Waals surface area contributed by atoms with E-state index in [0.29, 0.717) is 0 Å². The maximum absolute atomic E-state index is 12.2. The minimum Gasteiger partial charge on any atom is -0.480 e. The van der Waals surface area contributed by atoms with Gasteiger partial charge >= 0.3 is 5.97 Å². The average molecular weight is 374 g/mol. The molecule has 21 heavy (non-hydrogen) atoms. The van der Waals surface area contributed by atoms with Gasteiger partial charge in [0.1, 0.15) is 6.04 Å². The van der Waals surface area contributed by atoms with Crippen molar-refractivity contribution >= 4 is 39.6 Å². The minimum absolute atomic E-state index is 0.0929. The molecule has 1 heterocycles. The fourth-order valence-corrected chi connectivity index (χ4v) is 3.69. The van der Waals surface area contributed by atoms with Crippen molar-refractivity contribution in [2.45, 2.75) is 30.4 Å². The predicted octanol–water partition coefficient (Wildman–Crippen LogP) is 1.90. The number of benzene rings is 1. The van der Waals surface area contributed by atoms with Gasteiger partial charge in [0, 0.05) is 22.3 Å². The Morgan fingerprint density at radius 2 is 2.19 bits per heavy atom. The fourth-order valence-electron chi connectivity index (χ4n) is 2.32. The summed E-state index contributed by atoms with van der Waals surface area (Å²) in [7, 11) is 0. The summed E-state index contributed by atoms with van der Waals surface area (Å²) in [4.78, 5) is 25.5. The van der Waals surface area contributed by atoms with Crippen molar-refractivity contribution in [1.82, 2.24) is 4.90 Å². The quantitative estimate of drug-likeness (QED) is 0.788. The van der Waals surface area contributed by atoms with Crippen LogP contribution in [-0.2, 0) is 9.59 Å². The zero-order chi connectivity index (χ0) is 15.6. The first-order valence-electron chi connectivity index (χ1n) is 6.47. The number of nitrogens with zero attached hydrogens (tertiary/aromatic N) is 1. The molecule has 0 bridgehead atoms. The summed E-state index contributed by atoms with van der Waals surface area (Å²) in [5.41, 5.74) is 1.05. The van der Waals surface area contributed by atoms with Crippen molar-refractivity contribution in [3.05, 3.63) is 28.2 Å². The van der Waals surface area contributed by atoms with Gasteiger partial charge in [-0.25, -0.2) is 4.79 Å². The largest absolute Gasteiger partial charge is 0.480 e. The number of aliphatic hydroxyl groups is 1. The van der Waals surface area contributed by atoms with Crippen LogP contribution in [0.15, 0.2) is 27.6 Å². The van der Waals surface area contributed by atoms with Gasteiger partial charge in [0.25, 0.3) is 0 Å². The molecule has 0 aliphatic carbocycles. The zero-order valence-corrected chi connectivity index (χ0v) is 13.9. The van der Waals surface area contributed by atoms with Gasteiger partial charge in [-0.2, -0.15) is 0 Å². The van der Waals surface area contributed by atoms with Crippen molar-refractivity contribution in [3.8, 4) is 0 Å². The third kappa shape index (κ3) is 3.99. The van der Waals surface area contributed by atoms with E-state index in [-0.39, 0.29) is 24.6 Å². The summed E-state index contributed by atoms with van der Waals surface area (Å²) in [6, 6.07) is 4.87. The molecule has 114 valence electrons. The molecule has 1 saturated heterocycles. The van der Waals surface area contributed by atoms with Gasteiger partial charge in [0.05, 0.1) is 11.9 Å². The first-order valence-corrected chi connectivity index (χ1v) is 8.25. The topological polar surface area (TPSA) is 77.8 Å². The molecule has 1 amide bonds. The number of aliphatic carboxylic acids is 1. The minimum atomic E-state index is -1.07. The summed E-state index contributed by atoms with van der Waals surface area (Å²) in [6.07, 6.45) is -0.655. The molecule has 0 radical (unpaired) electrons. The number of likely N-dealkylation sites (tertiary alicyclic amines) is 1. The first-order chi connectivity index (χ1) is 9.88. The van der Waals surface area contributed by atoms with E-state index in [1.807, 2.05) is 25.1 Å².